The van der Waals surface area contributed by atoms with E-state index in [1.165, 1.54) is 16.4 Å². The maximum absolute atomic E-state index is 13.3. The van der Waals surface area contributed by atoms with Gasteiger partial charge in [-0.05, 0) is 60.7 Å². The number of halogens is 1. The fourth-order valence-electron chi connectivity index (χ4n) is 2.95. The fraction of sp³-hybridized carbons (Fsp3) is 0.429. The number of hydrogen-bond donors (Lipinski definition) is 1. The van der Waals surface area contributed by atoms with Crippen LogP contribution in [0.15, 0.2) is 47.4 Å². The van der Waals surface area contributed by atoms with E-state index < -0.39 is 10.0 Å². The van der Waals surface area contributed by atoms with Gasteiger partial charge in [-0.25, -0.2) is 8.42 Å². The summed E-state index contributed by atoms with van der Waals surface area (Å²) >= 11 is 5.91. The topological polar surface area (TPSA) is 76.1 Å². The first-order valence-electron chi connectivity index (χ1n) is 9.39. The highest BCUT2D eigenvalue weighted by Crippen LogP contribution is 2.29. The highest BCUT2D eigenvalue weighted by Gasteiger charge is 2.25. The Bertz CT molecular complexity index is 886. The van der Waals surface area contributed by atoms with Crippen LogP contribution in [0.3, 0.4) is 0 Å². The number of ether oxygens (including phenoxy) is 2. The van der Waals surface area contributed by atoms with Gasteiger partial charge in [0.05, 0.1) is 19.1 Å². The lowest BCUT2D eigenvalue weighted by molar-refractivity contribution is 0.251. The van der Waals surface area contributed by atoms with Crippen molar-refractivity contribution in [3.05, 3.63) is 53.1 Å². The van der Waals surface area contributed by atoms with Crippen LogP contribution in [-0.4, -0.2) is 45.2 Å². The van der Waals surface area contributed by atoms with E-state index in [1.54, 1.807) is 38.5 Å². The Morgan fingerprint density at radius 3 is 2.28 bits per heavy atom. The summed E-state index contributed by atoms with van der Waals surface area (Å²) in [5.74, 6) is 1.33. The fourth-order valence-corrected chi connectivity index (χ4v) is 4.52. The van der Waals surface area contributed by atoms with E-state index >= 15 is 0 Å². The molecule has 0 spiro atoms. The average molecular weight is 442 g/mol. The molecule has 0 saturated carbocycles. The third-order valence-corrected chi connectivity index (χ3v) is 6.86. The summed E-state index contributed by atoms with van der Waals surface area (Å²) in [6.07, 6.45) is 1.27. The van der Waals surface area contributed by atoms with Crippen molar-refractivity contribution in [1.82, 2.24) is 4.31 Å². The quantitative estimate of drug-likeness (QED) is 0.571. The van der Waals surface area contributed by atoms with Crippen molar-refractivity contribution in [2.45, 2.75) is 31.2 Å². The minimum absolute atomic E-state index is 0.0841. The Balaban J connectivity index is 2.33. The summed E-state index contributed by atoms with van der Waals surface area (Å²) < 4.78 is 38.6. The number of hydrogen-bond acceptors (Lipinski definition) is 5. The van der Waals surface area contributed by atoms with Crippen LogP contribution in [0.4, 0.5) is 0 Å². The van der Waals surface area contributed by atoms with Crippen LogP contribution in [0.1, 0.15) is 25.3 Å². The molecule has 1 unspecified atom stereocenters. The first-order valence-corrected chi connectivity index (χ1v) is 11.2. The third kappa shape index (κ3) is 6.34. The summed E-state index contributed by atoms with van der Waals surface area (Å²) in [4.78, 5) is 0.192. The molecule has 0 saturated heterocycles. The molecule has 1 atom stereocenters. The van der Waals surface area contributed by atoms with Crippen molar-refractivity contribution in [1.29, 1.82) is 0 Å². The number of rotatable bonds is 11. The zero-order valence-corrected chi connectivity index (χ0v) is 18.5. The summed E-state index contributed by atoms with van der Waals surface area (Å²) in [5, 5.41) is 9.62. The SMILES string of the molecule is COc1ccc(CN(CCC(C)CCO)S(=O)(=O)c2ccc(Cl)cc2)cc1OC. The van der Waals surface area contributed by atoms with Gasteiger partial charge in [-0.15, -0.1) is 0 Å². The summed E-state index contributed by atoms with van der Waals surface area (Å²) in [6, 6.07) is 11.5. The minimum Gasteiger partial charge on any atom is -0.493 e. The van der Waals surface area contributed by atoms with E-state index in [0.717, 1.165) is 5.56 Å². The maximum Gasteiger partial charge on any atom is 0.243 e. The number of sulfonamides is 1. The molecule has 160 valence electrons. The van der Waals surface area contributed by atoms with Crippen LogP contribution in [0, 0.1) is 5.92 Å². The van der Waals surface area contributed by atoms with Crippen LogP contribution >= 0.6 is 11.6 Å². The van der Waals surface area contributed by atoms with Gasteiger partial charge in [0, 0.05) is 24.7 Å². The highest BCUT2D eigenvalue weighted by atomic mass is 35.5. The van der Waals surface area contributed by atoms with Crippen molar-refractivity contribution < 1.29 is 23.0 Å². The molecule has 0 bridgehead atoms. The van der Waals surface area contributed by atoms with Gasteiger partial charge >= 0.3 is 0 Å². The molecule has 2 aromatic carbocycles. The van der Waals surface area contributed by atoms with E-state index in [9.17, 15) is 8.42 Å². The lowest BCUT2D eigenvalue weighted by Crippen LogP contribution is -2.32. The molecule has 1 N–H and O–H groups in total. The zero-order valence-electron chi connectivity index (χ0n) is 17.0. The third-order valence-electron chi connectivity index (χ3n) is 4.75. The van der Waals surface area contributed by atoms with Crippen molar-refractivity contribution in [2.75, 3.05) is 27.4 Å². The Morgan fingerprint density at radius 1 is 1.03 bits per heavy atom. The monoisotopic (exact) mass is 441 g/mol. The smallest absolute Gasteiger partial charge is 0.243 e. The van der Waals surface area contributed by atoms with Crippen molar-refractivity contribution >= 4 is 21.6 Å². The second kappa shape index (κ2) is 10.8. The lowest BCUT2D eigenvalue weighted by Gasteiger charge is -2.24. The van der Waals surface area contributed by atoms with Crippen molar-refractivity contribution in [3.63, 3.8) is 0 Å². The van der Waals surface area contributed by atoms with Crippen molar-refractivity contribution in [3.8, 4) is 11.5 Å². The Morgan fingerprint density at radius 2 is 1.69 bits per heavy atom. The van der Waals surface area contributed by atoms with Gasteiger partial charge in [-0.2, -0.15) is 4.31 Å². The van der Waals surface area contributed by atoms with E-state index in [1.807, 2.05) is 13.0 Å². The van der Waals surface area contributed by atoms with Gasteiger partial charge < -0.3 is 14.6 Å². The van der Waals surface area contributed by atoms with Gasteiger partial charge in [-0.3, -0.25) is 0 Å². The predicted molar refractivity (Wildman–Crippen MR) is 114 cm³/mol. The molecule has 0 heterocycles. The Kier molecular flexibility index (Phi) is 8.77. The highest BCUT2D eigenvalue weighted by molar-refractivity contribution is 7.89. The predicted octanol–water partition coefficient (Wildman–Crippen LogP) is 3.96. The second-order valence-electron chi connectivity index (χ2n) is 6.89. The van der Waals surface area contributed by atoms with Crippen LogP contribution in [0.25, 0.3) is 0 Å². The number of nitrogens with zero attached hydrogens (tertiary/aromatic N) is 1. The standard InChI is InChI=1S/C21H28ClNO5S/c1-16(11-13-24)10-12-23(29(25,26)19-7-5-18(22)6-8-19)15-17-4-9-20(27-2)21(14-17)28-3/h4-9,14,16,24H,10-13,15H2,1-3H3. The molecule has 0 aliphatic carbocycles. The van der Waals surface area contributed by atoms with Gasteiger partial charge in [0.1, 0.15) is 0 Å². The lowest BCUT2D eigenvalue weighted by atomic mass is 10.0. The molecule has 6 nitrogen and oxygen atoms in total. The second-order valence-corrected chi connectivity index (χ2v) is 9.26. The van der Waals surface area contributed by atoms with E-state index in [-0.39, 0.29) is 24.0 Å². The maximum atomic E-state index is 13.3. The molecule has 2 aromatic rings. The van der Waals surface area contributed by atoms with Gasteiger partial charge in [0.15, 0.2) is 11.5 Å². The molecule has 0 aliphatic rings. The average Bonchev–Trinajstić information content (AvgIpc) is 2.71. The Hall–Kier alpha value is -1.80. The molecular formula is C21H28ClNO5S. The minimum atomic E-state index is -3.72. The number of aliphatic hydroxyl groups is 1. The summed E-state index contributed by atoms with van der Waals surface area (Å²) in [5.41, 5.74) is 0.787. The molecular weight excluding hydrogens is 414 g/mol. The largest absolute Gasteiger partial charge is 0.493 e. The van der Waals surface area contributed by atoms with E-state index in [2.05, 4.69) is 0 Å². The van der Waals surface area contributed by atoms with Gasteiger partial charge in [0.25, 0.3) is 0 Å². The zero-order chi connectivity index (χ0) is 21.4. The van der Waals surface area contributed by atoms with E-state index in [4.69, 9.17) is 26.2 Å². The molecule has 29 heavy (non-hydrogen) atoms. The number of aliphatic hydroxyl groups excluding tert-OH is 1. The molecule has 0 aliphatic heterocycles. The summed E-state index contributed by atoms with van der Waals surface area (Å²) in [7, 11) is -0.627. The van der Waals surface area contributed by atoms with Crippen LogP contribution in [0.2, 0.25) is 5.02 Å². The van der Waals surface area contributed by atoms with E-state index in [0.29, 0.717) is 35.9 Å². The van der Waals surface area contributed by atoms with Crippen LogP contribution in [0.5, 0.6) is 11.5 Å². The van der Waals surface area contributed by atoms with Gasteiger partial charge in [-0.1, -0.05) is 24.6 Å². The van der Waals surface area contributed by atoms with Gasteiger partial charge in [0.2, 0.25) is 10.0 Å². The molecule has 0 radical (unpaired) electrons. The molecule has 0 aromatic heterocycles. The first kappa shape index (κ1) is 23.5. The summed E-state index contributed by atoms with van der Waals surface area (Å²) in [6.45, 7) is 2.61. The van der Waals surface area contributed by atoms with Crippen LogP contribution < -0.4 is 9.47 Å². The molecule has 2 rings (SSSR count). The normalized spacial score (nSPS) is 12.8. The van der Waals surface area contributed by atoms with Crippen molar-refractivity contribution in [2.24, 2.45) is 5.92 Å². The number of methoxy groups -OCH3 is 2. The number of benzene rings is 2. The molecule has 0 amide bonds. The molecule has 0 fully saturated rings. The first-order chi connectivity index (χ1) is 13.8. The Labute approximate surface area is 178 Å². The molecule has 8 heteroatoms. The van der Waals surface area contributed by atoms with Crippen LogP contribution in [-0.2, 0) is 16.6 Å².